The molecule has 0 saturated heterocycles. The number of hydrogen-bond acceptors (Lipinski definition) is 3. The maximum Gasteiger partial charge on any atom is 0.389 e. The van der Waals surface area contributed by atoms with Crippen molar-refractivity contribution in [3.8, 4) is 0 Å². The Bertz CT molecular complexity index is 209. The van der Waals surface area contributed by atoms with Gasteiger partial charge in [0.15, 0.2) is 0 Å². The number of halogens is 3. The zero-order valence-corrected chi connectivity index (χ0v) is 9.14. The zero-order chi connectivity index (χ0) is 12.6. The summed E-state index contributed by atoms with van der Waals surface area (Å²) in [5, 5.41) is 2.44. The smallest absolute Gasteiger partial charge is 0.383 e. The molecule has 0 radical (unpaired) electrons. The Labute approximate surface area is 92.3 Å². The highest BCUT2D eigenvalue weighted by molar-refractivity contribution is 5.81. The Kier molecular flexibility index (Phi) is 7.07. The first-order valence-corrected chi connectivity index (χ1v) is 4.96. The van der Waals surface area contributed by atoms with E-state index < -0.39 is 24.5 Å². The Hall–Kier alpha value is -0.820. The molecule has 0 bridgehead atoms. The number of carbonyl (C=O) groups excluding carboxylic acids is 1. The third-order valence-electron chi connectivity index (χ3n) is 1.87. The van der Waals surface area contributed by atoms with Crippen LogP contribution in [0.15, 0.2) is 0 Å². The molecule has 0 heterocycles. The number of carbonyl (C=O) groups is 1. The van der Waals surface area contributed by atoms with E-state index >= 15 is 0 Å². The van der Waals surface area contributed by atoms with Crippen molar-refractivity contribution in [1.82, 2.24) is 5.32 Å². The summed E-state index contributed by atoms with van der Waals surface area (Å²) in [5.41, 5.74) is 5.39. The average Bonchev–Trinajstić information content (AvgIpc) is 2.15. The molecule has 0 aromatic heterocycles. The van der Waals surface area contributed by atoms with Crippen LogP contribution in [0.25, 0.3) is 0 Å². The number of nitrogens with one attached hydrogen (secondary N) is 1. The van der Waals surface area contributed by atoms with E-state index in [-0.39, 0.29) is 26.0 Å². The largest absolute Gasteiger partial charge is 0.389 e. The van der Waals surface area contributed by atoms with Crippen molar-refractivity contribution < 1.29 is 22.7 Å². The molecule has 1 unspecified atom stereocenters. The van der Waals surface area contributed by atoms with E-state index in [9.17, 15) is 18.0 Å². The van der Waals surface area contributed by atoms with Gasteiger partial charge in [-0.15, -0.1) is 0 Å². The highest BCUT2D eigenvalue weighted by Gasteiger charge is 2.25. The van der Waals surface area contributed by atoms with Gasteiger partial charge in [-0.25, -0.2) is 0 Å². The molecule has 0 aliphatic rings. The van der Waals surface area contributed by atoms with Crippen LogP contribution in [0.5, 0.6) is 0 Å². The molecule has 0 fully saturated rings. The zero-order valence-electron chi connectivity index (χ0n) is 9.14. The van der Waals surface area contributed by atoms with Crippen molar-refractivity contribution in [3.63, 3.8) is 0 Å². The summed E-state index contributed by atoms with van der Waals surface area (Å²) < 4.78 is 39.9. The fourth-order valence-electron chi connectivity index (χ4n) is 1.05. The van der Waals surface area contributed by atoms with Gasteiger partial charge in [0.2, 0.25) is 5.91 Å². The van der Waals surface area contributed by atoms with Crippen molar-refractivity contribution in [2.75, 3.05) is 20.3 Å². The van der Waals surface area contributed by atoms with Gasteiger partial charge in [0.1, 0.15) is 6.04 Å². The Morgan fingerprint density at radius 3 is 2.56 bits per heavy atom. The molecule has 1 atom stereocenters. The first-order chi connectivity index (χ1) is 7.37. The minimum atomic E-state index is -4.13. The molecule has 0 aromatic carbocycles. The molecule has 16 heavy (non-hydrogen) atoms. The van der Waals surface area contributed by atoms with Crippen LogP contribution in [-0.4, -0.2) is 38.4 Å². The fourth-order valence-corrected chi connectivity index (χ4v) is 1.05. The van der Waals surface area contributed by atoms with Crippen LogP contribution in [0.1, 0.15) is 19.3 Å². The first kappa shape index (κ1) is 15.2. The monoisotopic (exact) mass is 242 g/mol. The van der Waals surface area contributed by atoms with E-state index in [2.05, 4.69) is 10.1 Å². The van der Waals surface area contributed by atoms with Crippen LogP contribution >= 0.6 is 0 Å². The summed E-state index contributed by atoms with van der Waals surface area (Å²) in [7, 11) is 1.41. The van der Waals surface area contributed by atoms with Crippen LogP contribution in [0, 0.1) is 0 Å². The van der Waals surface area contributed by atoms with Gasteiger partial charge in [-0.2, -0.15) is 13.2 Å². The van der Waals surface area contributed by atoms with Gasteiger partial charge in [-0.3, -0.25) is 4.79 Å². The summed E-state index contributed by atoms with van der Waals surface area (Å²) in [5.74, 6) is -0.408. The van der Waals surface area contributed by atoms with E-state index in [4.69, 9.17) is 5.73 Å². The van der Waals surface area contributed by atoms with Crippen molar-refractivity contribution in [2.45, 2.75) is 31.5 Å². The van der Waals surface area contributed by atoms with Gasteiger partial charge in [-0.1, -0.05) is 0 Å². The second kappa shape index (κ2) is 7.45. The molecule has 0 aromatic rings. The summed E-state index contributed by atoms with van der Waals surface area (Å²) >= 11 is 0. The maximum absolute atomic E-state index is 11.7. The third kappa shape index (κ3) is 8.49. The lowest BCUT2D eigenvalue weighted by atomic mass is 10.2. The van der Waals surface area contributed by atoms with E-state index in [1.807, 2.05) is 0 Å². The molecule has 0 aliphatic heterocycles. The molecule has 0 rings (SSSR count). The topological polar surface area (TPSA) is 64.3 Å². The Morgan fingerprint density at radius 2 is 2.06 bits per heavy atom. The van der Waals surface area contributed by atoms with E-state index in [1.54, 1.807) is 0 Å². The lowest BCUT2D eigenvalue weighted by Crippen LogP contribution is -2.43. The maximum atomic E-state index is 11.7. The summed E-state index contributed by atoms with van der Waals surface area (Å²) in [6.07, 6.45) is -4.67. The normalized spacial score (nSPS) is 13.6. The van der Waals surface area contributed by atoms with Gasteiger partial charge >= 0.3 is 6.18 Å². The van der Waals surface area contributed by atoms with Crippen LogP contribution in [0.2, 0.25) is 0 Å². The van der Waals surface area contributed by atoms with Crippen LogP contribution in [0.4, 0.5) is 13.2 Å². The highest BCUT2D eigenvalue weighted by Crippen LogP contribution is 2.21. The van der Waals surface area contributed by atoms with E-state index in [0.29, 0.717) is 0 Å². The van der Waals surface area contributed by atoms with Crippen molar-refractivity contribution >= 4 is 5.91 Å². The molecular formula is C9H17F3N2O2. The van der Waals surface area contributed by atoms with Crippen LogP contribution < -0.4 is 11.1 Å². The summed E-state index contributed by atoms with van der Waals surface area (Å²) in [6, 6.07) is -0.771. The standard InChI is InChI=1S/C9H17F3N2O2/c1-16-6-7(13)8(15)14-5-3-2-4-9(10,11)12/h7H,2-6,13H2,1H3,(H,14,15). The van der Waals surface area contributed by atoms with Crippen LogP contribution in [-0.2, 0) is 9.53 Å². The highest BCUT2D eigenvalue weighted by atomic mass is 19.4. The lowest BCUT2D eigenvalue weighted by Gasteiger charge is -2.11. The van der Waals surface area contributed by atoms with Gasteiger partial charge < -0.3 is 15.8 Å². The van der Waals surface area contributed by atoms with E-state index in [0.717, 1.165) is 0 Å². The molecular weight excluding hydrogens is 225 g/mol. The minimum Gasteiger partial charge on any atom is -0.383 e. The second-order valence-electron chi connectivity index (χ2n) is 3.43. The number of methoxy groups -OCH3 is 1. The molecule has 96 valence electrons. The quantitative estimate of drug-likeness (QED) is 0.649. The molecule has 0 spiro atoms. The summed E-state index contributed by atoms with van der Waals surface area (Å²) in [6.45, 7) is 0.292. The second-order valence-corrected chi connectivity index (χ2v) is 3.43. The number of alkyl halides is 3. The van der Waals surface area contributed by atoms with Crippen molar-refractivity contribution in [1.29, 1.82) is 0 Å². The number of unbranched alkanes of at least 4 members (excludes halogenated alkanes) is 1. The number of amides is 1. The van der Waals surface area contributed by atoms with Crippen molar-refractivity contribution in [2.24, 2.45) is 5.73 Å². The third-order valence-corrected chi connectivity index (χ3v) is 1.87. The fraction of sp³-hybridized carbons (Fsp3) is 0.889. The molecule has 0 aliphatic carbocycles. The molecule has 0 saturated carbocycles. The first-order valence-electron chi connectivity index (χ1n) is 4.96. The minimum absolute atomic E-state index is 0.00327. The molecule has 7 heteroatoms. The predicted octanol–water partition coefficient (Wildman–Crippen LogP) is 0.809. The van der Waals surface area contributed by atoms with Crippen LogP contribution in [0.3, 0.4) is 0 Å². The number of ether oxygens (including phenoxy) is 1. The van der Waals surface area contributed by atoms with Gasteiger partial charge in [0.05, 0.1) is 6.61 Å². The van der Waals surface area contributed by atoms with Crippen molar-refractivity contribution in [3.05, 3.63) is 0 Å². The average molecular weight is 242 g/mol. The Balaban J connectivity index is 3.48. The predicted molar refractivity (Wildman–Crippen MR) is 52.8 cm³/mol. The summed E-state index contributed by atoms with van der Waals surface area (Å²) in [4.78, 5) is 11.2. The molecule has 3 N–H and O–H groups in total. The number of rotatable bonds is 7. The Morgan fingerprint density at radius 1 is 1.44 bits per heavy atom. The number of hydrogen-bond donors (Lipinski definition) is 2. The number of nitrogens with two attached hydrogens (primary N) is 1. The van der Waals surface area contributed by atoms with Gasteiger partial charge in [0, 0.05) is 20.1 Å². The molecule has 4 nitrogen and oxygen atoms in total. The van der Waals surface area contributed by atoms with Gasteiger partial charge in [-0.05, 0) is 12.8 Å². The SMILES string of the molecule is COCC(N)C(=O)NCCCCC(F)(F)F. The lowest BCUT2D eigenvalue weighted by molar-refractivity contribution is -0.135. The van der Waals surface area contributed by atoms with E-state index in [1.165, 1.54) is 7.11 Å². The van der Waals surface area contributed by atoms with Gasteiger partial charge in [0.25, 0.3) is 0 Å². The molecule has 1 amide bonds.